The Hall–Kier alpha value is -3.45. The highest BCUT2D eigenvalue weighted by Crippen LogP contribution is 2.33. The van der Waals surface area contributed by atoms with Crippen molar-refractivity contribution in [3.8, 4) is 5.75 Å². The number of nitrogen functional groups attached to an aromatic ring is 1. The number of nitrogens with two attached hydrogens (primary N) is 1. The number of hydrogen-bond acceptors (Lipinski definition) is 7. The Balaban J connectivity index is 1.50. The number of benzene rings is 1. The van der Waals surface area contributed by atoms with Crippen LogP contribution in [0.1, 0.15) is 26.5 Å². The van der Waals surface area contributed by atoms with E-state index < -0.39 is 0 Å². The minimum atomic E-state index is 0.0600. The van der Waals surface area contributed by atoms with Gasteiger partial charge in [-0.15, -0.1) is 11.3 Å². The summed E-state index contributed by atoms with van der Waals surface area (Å²) >= 11 is 1.46. The van der Waals surface area contributed by atoms with Crippen LogP contribution in [0.15, 0.2) is 54.9 Å². The van der Waals surface area contributed by atoms with Crippen LogP contribution < -0.4 is 11.1 Å². The maximum Gasteiger partial charge on any atom is 0.177 e. The van der Waals surface area contributed by atoms with E-state index in [-0.39, 0.29) is 11.5 Å². The molecule has 0 saturated carbocycles. The van der Waals surface area contributed by atoms with E-state index >= 15 is 0 Å². The molecule has 0 unspecified atom stereocenters. The van der Waals surface area contributed by atoms with Crippen LogP contribution in [-0.2, 0) is 13.0 Å². The number of fused-ring (bicyclic) bond motifs is 1. The number of hydrogen-bond donors (Lipinski definition) is 3. The van der Waals surface area contributed by atoms with E-state index in [2.05, 4.69) is 15.3 Å². The summed E-state index contributed by atoms with van der Waals surface area (Å²) in [6, 6.07) is 12.6. The highest BCUT2D eigenvalue weighted by atomic mass is 32.1. The Bertz CT molecular complexity index is 1200. The summed E-state index contributed by atoms with van der Waals surface area (Å²) < 4.78 is 0.998. The number of nitrogens with zero attached hydrogens (tertiary/aromatic N) is 2. The van der Waals surface area contributed by atoms with E-state index in [0.29, 0.717) is 18.8 Å². The fourth-order valence-corrected chi connectivity index (χ4v) is 4.36. The number of carbonyl (C=O) groups is 1. The van der Waals surface area contributed by atoms with Crippen molar-refractivity contribution in [2.24, 2.45) is 0 Å². The molecule has 0 aliphatic carbocycles. The molecule has 0 saturated heterocycles. The highest BCUT2D eigenvalue weighted by molar-refractivity contribution is 7.21. The zero-order chi connectivity index (χ0) is 20.4. The quantitative estimate of drug-likeness (QED) is 0.414. The van der Waals surface area contributed by atoms with E-state index in [0.717, 1.165) is 37.5 Å². The first-order chi connectivity index (χ1) is 14.0. The van der Waals surface area contributed by atoms with E-state index in [1.807, 2.05) is 37.3 Å². The van der Waals surface area contributed by atoms with Crippen molar-refractivity contribution in [2.45, 2.75) is 19.9 Å². The molecule has 3 heterocycles. The van der Waals surface area contributed by atoms with Gasteiger partial charge in [0.1, 0.15) is 11.6 Å². The van der Waals surface area contributed by atoms with Gasteiger partial charge in [-0.25, -0.2) is 4.98 Å². The molecule has 4 aromatic rings. The topological polar surface area (TPSA) is 101 Å². The summed E-state index contributed by atoms with van der Waals surface area (Å²) in [4.78, 5) is 22.1. The van der Waals surface area contributed by atoms with Crippen molar-refractivity contribution in [1.29, 1.82) is 0 Å². The molecule has 29 heavy (non-hydrogen) atoms. The third-order valence-corrected chi connectivity index (χ3v) is 6.03. The number of aromatic hydroxyl groups is 1. The molecule has 0 radical (unpaired) electrons. The highest BCUT2D eigenvalue weighted by Gasteiger charge is 2.16. The minimum Gasteiger partial charge on any atom is -0.508 e. The summed E-state index contributed by atoms with van der Waals surface area (Å²) in [5.74, 6) is 0.702. The van der Waals surface area contributed by atoms with E-state index in [1.165, 1.54) is 11.3 Å². The van der Waals surface area contributed by atoms with Gasteiger partial charge < -0.3 is 16.2 Å². The molecule has 7 heteroatoms. The Morgan fingerprint density at radius 1 is 1.17 bits per heavy atom. The molecule has 6 nitrogen and oxygen atoms in total. The molecule has 0 aliphatic heterocycles. The standard InChI is InChI=1S/C22H20N4O2S/c1-13-17-11-16(27)4-5-20(17)29-21(13)19(28)10-14-6-8-24-15(9-14)12-26-18-3-2-7-25-22(18)23/h2-9,11,26-27H,10,12H2,1H3,(H2,23,25). The Morgan fingerprint density at radius 3 is 2.86 bits per heavy atom. The van der Waals surface area contributed by atoms with Crippen LogP contribution in [0.3, 0.4) is 0 Å². The molecule has 0 atom stereocenters. The minimum absolute atomic E-state index is 0.0600. The molecule has 0 spiro atoms. The van der Waals surface area contributed by atoms with Crippen molar-refractivity contribution in [3.63, 3.8) is 0 Å². The zero-order valence-corrected chi connectivity index (χ0v) is 16.7. The maximum atomic E-state index is 12.9. The SMILES string of the molecule is Cc1c(C(=O)Cc2ccnc(CNc3cccnc3N)c2)sc2ccc(O)cc12. The molecule has 146 valence electrons. The van der Waals surface area contributed by atoms with Crippen molar-refractivity contribution in [2.75, 3.05) is 11.1 Å². The molecular formula is C22H20N4O2S. The number of aromatic nitrogens is 2. The lowest BCUT2D eigenvalue weighted by molar-refractivity contribution is 0.0996. The van der Waals surface area contributed by atoms with Crippen LogP contribution in [0, 0.1) is 6.92 Å². The lowest BCUT2D eigenvalue weighted by Crippen LogP contribution is -2.07. The van der Waals surface area contributed by atoms with Crippen molar-refractivity contribution in [1.82, 2.24) is 9.97 Å². The summed E-state index contributed by atoms with van der Waals surface area (Å²) in [7, 11) is 0. The van der Waals surface area contributed by atoms with Crippen molar-refractivity contribution in [3.05, 3.63) is 76.6 Å². The third kappa shape index (κ3) is 4.05. The Kier molecular flexibility index (Phi) is 5.14. The predicted molar refractivity (Wildman–Crippen MR) is 116 cm³/mol. The van der Waals surface area contributed by atoms with E-state index in [9.17, 15) is 9.90 Å². The number of rotatable bonds is 6. The van der Waals surface area contributed by atoms with Crippen LogP contribution in [-0.4, -0.2) is 20.9 Å². The third-order valence-electron chi connectivity index (χ3n) is 4.72. The van der Waals surface area contributed by atoms with Gasteiger partial charge in [-0.3, -0.25) is 9.78 Å². The number of pyridine rings is 2. The first-order valence-electron chi connectivity index (χ1n) is 9.15. The second-order valence-electron chi connectivity index (χ2n) is 6.78. The smallest absolute Gasteiger partial charge is 0.177 e. The Morgan fingerprint density at radius 2 is 2.03 bits per heavy atom. The number of nitrogens with one attached hydrogen (secondary N) is 1. The molecular weight excluding hydrogens is 384 g/mol. The summed E-state index contributed by atoms with van der Waals surface area (Å²) in [6.07, 6.45) is 3.65. The van der Waals surface area contributed by atoms with Gasteiger partial charge in [0.25, 0.3) is 0 Å². The molecule has 0 amide bonds. The maximum absolute atomic E-state index is 12.9. The number of anilines is 2. The van der Waals surface area contributed by atoms with Gasteiger partial charge in [-0.05, 0) is 65.9 Å². The van der Waals surface area contributed by atoms with Crippen LogP contribution in [0.5, 0.6) is 5.75 Å². The second-order valence-corrected chi connectivity index (χ2v) is 7.83. The first-order valence-corrected chi connectivity index (χ1v) is 9.96. The molecule has 1 aromatic carbocycles. The fraction of sp³-hybridized carbons (Fsp3) is 0.136. The van der Waals surface area contributed by atoms with Crippen molar-refractivity contribution >= 4 is 38.7 Å². The summed E-state index contributed by atoms with van der Waals surface area (Å²) in [6.45, 7) is 2.41. The van der Waals surface area contributed by atoms with Gasteiger partial charge in [0.15, 0.2) is 5.78 Å². The van der Waals surface area contributed by atoms with E-state index in [1.54, 1.807) is 24.5 Å². The molecule has 4 N–H and O–H groups in total. The van der Waals surface area contributed by atoms with Gasteiger partial charge in [0.2, 0.25) is 0 Å². The summed E-state index contributed by atoms with van der Waals surface area (Å²) in [5, 5.41) is 13.9. The lowest BCUT2D eigenvalue weighted by atomic mass is 10.0. The molecule has 0 aliphatic rings. The van der Waals surface area contributed by atoms with Gasteiger partial charge >= 0.3 is 0 Å². The van der Waals surface area contributed by atoms with Gasteiger partial charge in [0.05, 0.1) is 22.8 Å². The largest absolute Gasteiger partial charge is 0.508 e. The molecule has 0 bridgehead atoms. The van der Waals surface area contributed by atoms with E-state index in [4.69, 9.17) is 5.73 Å². The molecule has 3 aromatic heterocycles. The lowest BCUT2D eigenvalue weighted by Gasteiger charge is -2.09. The fourth-order valence-electron chi connectivity index (χ4n) is 3.23. The normalized spacial score (nSPS) is 10.9. The van der Waals surface area contributed by atoms with Gasteiger partial charge in [-0.2, -0.15) is 0 Å². The predicted octanol–water partition coefficient (Wildman–Crippen LogP) is 4.33. The number of aryl methyl sites for hydroxylation is 1. The average molecular weight is 404 g/mol. The number of phenolic OH excluding ortho intramolecular Hbond substituents is 1. The first kappa shape index (κ1) is 18.9. The van der Waals surface area contributed by atoms with Crippen LogP contribution >= 0.6 is 11.3 Å². The Labute approximate surface area is 172 Å². The van der Waals surface area contributed by atoms with Crippen molar-refractivity contribution < 1.29 is 9.90 Å². The average Bonchev–Trinajstić information content (AvgIpc) is 3.04. The number of ketones is 1. The number of Topliss-reactive ketones (excluding diaryl/α,β-unsaturated/α-hetero) is 1. The van der Waals surface area contributed by atoms with Crippen LogP contribution in [0.2, 0.25) is 0 Å². The zero-order valence-electron chi connectivity index (χ0n) is 15.8. The molecule has 4 rings (SSSR count). The molecule has 0 fully saturated rings. The van der Waals surface area contributed by atoms with Gasteiger partial charge in [0, 0.05) is 23.5 Å². The van der Waals surface area contributed by atoms with Gasteiger partial charge in [-0.1, -0.05) is 0 Å². The van der Waals surface area contributed by atoms with Crippen LogP contribution in [0.25, 0.3) is 10.1 Å². The number of carbonyl (C=O) groups excluding carboxylic acids is 1. The summed E-state index contributed by atoms with van der Waals surface area (Å²) in [5.41, 5.74) is 9.23. The van der Waals surface area contributed by atoms with Crippen LogP contribution in [0.4, 0.5) is 11.5 Å². The number of phenols is 1. The number of thiophene rings is 1. The second kappa shape index (κ2) is 7.89. The monoisotopic (exact) mass is 404 g/mol.